The summed E-state index contributed by atoms with van der Waals surface area (Å²) in [4.78, 5) is 22.6. The molecule has 0 aliphatic rings. The predicted molar refractivity (Wildman–Crippen MR) is 100 cm³/mol. The molecule has 1 atom stereocenters. The summed E-state index contributed by atoms with van der Waals surface area (Å²) in [5, 5.41) is 3.05. The van der Waals surface area contributed by atoms with Crippen LogP contribution in [0.25, 0.3) is 11.0 Å². The monoisotopic (exact) mass is 336 g/mol. The Bertz CT molecular complexity index is 795. The number of H-pyrrole nitrogens is 1. The highest BCUT2D eigenvalue weighted by atomic mass is 16.2. The van der Waals surface area contributed by atoms with Crippen molar-refractivity contribution >= 4 is 16.9 Å². The van der Waals surface area contributed by atoms with Gasteiger partial charge in [0.05, 0.1) is 11.0 Å². The summed E-state index contributed by atoms with van der Waals surface area (Å²) in [5.74, 6) is 0.910. The third-order valence-corrected chi connectivity index (χ3v) is 4.40. The lowest BCUT2D eigenvalue weighted by Crippen LogP contribution is -2.39. The van der Waals surface area contributed by atoms with E-state index in [0.717, 1.165) is 29.0 Å². The second-order valence-corrected chi connectivity index (χ2v) is 6.13. The number of amides is 1. The number of carbonyl (C=O) groups is 1. The minimum atomic E-state index is -0.276. The third kappa shape index (κ3) is 4.06. The van der Waals surface area contributed by atoms with E-state index in [1.165, 1.54) is 0 Å². The van der Waals surface area contributed by atoms with Crippen LogP contribution in [0.5, 0.6) is 0 Å². The van der Waals surface area contributed by atoms with E-state index in [1.807, 2.05) is 66.5 Å². The topological polar surface area (TPSA) is 61.0 Å². The van der Waals surface area contributed by atoms with Crippen LogP contribution >= 0.6 is 0 Å². The number of aromatic amines is 1. The second-order valence-electron chi connectivity index (χ2n) is 6.13. The molecule has 25 heavy (non-hydrogen) atoms. The second kappa shape index (κ2) is 7.94. The van der Waals surface area contributed by atoms with Gasteiger partial charge in [0.15, 0.2) is 0 Å². The first-order valence-electron chi connectivity index (χ1n) is 8.65. The van der Waals surface area contributed by atoms with Crippen LogP contribution in [0, 0.1) is 0 Å². The molecule has 0 aliphatic heterocycles. The lowest BCUT2D eigenvalue weighted by Gasteiger charge is -2.26. The van der Waals surface area contributed by atoms with Crippen molar-refractivity contribution in [2.75, 3.05) is 20.1 Å². The van der Waals surface area contributed by atoms with Crippen LogP contribution < -0.4 is 5.32 Å². The number of nitrogens with zero attached hydrogens (tertiary/aromatic N) is 2. The summed E-state index contributed by atoms with van der Waals surface area (Å²) in [6, 6.07) is 17.6. The number of carbonyl (C=O) groups excluding carboxylic acids is 1. The molecule has 0 saturated carbocycles. The molecule has 3 aromatic rings. The summed E-state index contributed by atoms with van der Waals surface area (Å²) in [6.45, 7) is 3.41. The Morgan fingerprint density at radius 3 is 2.60 bits per heavy atom. The molecule has 3 rings (SSSR count). The van der Waals surface area contributed by atoms with Crippen LogP contribution in [0.3, 0.4) is 0 Å². The van der Waals surface area contributed by atoms with Crippen molar-refractivity contribution in [1.82, 2.24) is 20.2 Å². The molecule has 130 valence electrons. The molecule has 1 amide bonds. The average Bonchev–Trinajstić information content (AvgIpc) is 3.05. The number of hydrogen-bond donors (Lipinski definition) is 2. The van der Waals surface area contributed by atoms with Gasteiger partial charge < -0.3 is 10.3 Å². The number of rotatable bonds is 7. The Morgan fingerprint density at radius 2 is 1.88 bits per heavy atom. The Kier molecular flexibility index (Phi) is 5.46. The molecule has 0 aliphatic carbocycles. The molecule has 0 fully saturated rings. The largest absolute Gasteiger partial charge is 0.354 e. The van der Waals surface area contributed by atoms with E-state index in [0.29, 0.717) is 13.0 Å². The zero-order chi connectivity index (χ0) is 17.6. The number of para-hydroxylation sites is 2. The van der Waals surface area contributed by atoms with E-state index in [2.05, 4.69) is 22.2 Å². The molecule has 2 aromatic carbocycles. The molecule has 1 heterocycles. The third-order valence-electron chi connectivity index (χ3n) is 4.40. The fraction of sp³-hybridized carbons (Fsp3) is 0.300. The fourth-order valence-corrected chi connectivity index (χ4v) is 2.95. The number of benzene rings is 2. The lowest BCUT2D eigenvalue weighted by molar-refractivity contribution is -0.126. The fourth-order valence-electron chi connectivity index (χ4n) is 2.95. The lowest BCUT2D eigenvalue weighted by atomic mass is 10.0. The average molecular weight is 336 g/mol. The summed E-state index contributed by atoms with van der Waals surface area (Å²) in [5.41, 5.74) is 2.99. The van der Waals surface area contributed by atoms with Crippen molar-refractivity contribution in [3.05, 3.63) is 66.0 Å². The molecule has 0 saturated heterocycles. The van der Waals surface area contributed by atoms with Gasteiger partial charge in [-0.15, -0.1) is 0 Å². The molecule has 2 N–H and O–H groups in total. The van der Waals surface area contributed by atoms with E-state index in [-0.39, 0.29) is 11.9 Å². The number of nitrogens with one attached hydrogen (secondary N) is 2. The summed E-state index contributed by atoms with van der Waals surface area (Å²) in [7, 11) is 1.97. The molecular weight excluding hydrogens is 312 g/mol. The first-order chi connectivity index (χ1) is 12.2. The minimum Gasteiger partial charge on any atom is -0.354 e. The maximum Gasteiger partial charge on any atom is 0.241 e. The molecule has 0 radical (unpaired) electrons. The van der Waals surface area contributed by atoms with Gasteiger partial charge in [-0.25, -0.2) is 4.98 Å². The van der Waals surface area contributed by atoms with Crippen molar-refractivity contribution < 1.29 is 4.79 Å². The van der Waals surface area contributed by atoms with Gasteiger partial charge in [-0.05, 0) is 31.3 Å². The standard InChI is InChI=1S/C20H24N4O/c1-3-24(2)19(15-9-5-4-6-10-15)20(25)21-14-13-18-22-16-11-7-8-12-17(16)23-18/h4-12,19H,3,13-14H2,1-2H3,(H,21,25)(H,22,23)/t19-/m1/s1. The highest BCUT2D eigenvalue weighted by molar-refractivity contribution is 5.83. The molecule has 5 heteroatoms. The predicted octanol–water partition coefficient (Wildman–Crippen LogP) is 2.91. The number of imidazole rings is 1. The summed E-state index contributed by atoms with van der Waals surface area (Å²) >= 11 is 0. The summed E-state index contributed by atoms with van der Waals surface area (Å²) in [6.07, 6.45) is 0.678. The van der Waals surface area contributed by atoms with Crippen molar-refractivity contribution in [3.63, 3.8) is 0 Å². The number of fused-ring (bicyclic) bond motifs is 1. The van der Waals surface area contributed by atoms with E-state index >= 15 is 0 Å². The molecule has 0 bridgehead atoms. The van der Waals surface area contributed by atoms with Gasteiger partial charge in [0, 0.05) is 13.0 Å². The van der Waals surface area contributed by atoms with Gasteiger partial charge in [0.25, 0.3) is 0 Å². The first kappa shape index (κ1) is 17.2. The normalized spacial score (nSPS) is 12.4. The molecular formula is C20H24N4O. The van der Waals surface area contributed by atoms with Crippen molar-refractivity contribution in [2.24, 2.45) is 0 Å². The van der Waals surface area contributed by atoms with Gasteiger partial charge in [-0.2, -0.15) is 0 Å². The van der Waals surface area contributed by atoms with Gasteiger partial charge >= 0.3 is 0 Å². The maximum atomic E-state index is 12.7. The van der Waals surface area contributed by atoms with Gasteiger partial charge in [-0.3, -0.25) is 9.69 Å². The zero-order valence-electron chi connectivity index (χ0n) is 14.7. The van der Waals surface area contributed by atoms with Gasteiger partial charge in [0.1, 0.15) is 11.9 Å². The Hall–Kier alpha value is -2.66. The highest BCUT2D eigenvalue weighted by Crippen LogP contribution is 2.19. The minimum absolute atomic E-state index is 0.0201. The highest BCUT2D eigenvalue weighted by Gasteiger charge is 2.23. The van der Waals surface area contributed by atoms with Gasteiger partial charge in [-0.1, -0.05) is 49.4 Å². The van der Waals surface area contributed by atoms with Crippen LogP contribution in [0.2, 0.25) is 0 Å². The SMILES string of the molecule is CCN(C)[C@@H](C(=O)NCCc1nc2ccccc2[nH]1)c1ccccc1. The van der Waals surface area contributed by atoms with Crippen LogP contribution in [0.1, 0.15) is 24.4 Å². The summed E-state index contributed by atoms with van der Waals surface area (Å²) < 4.78 is 0. The number of aromatic nitrogens is 2. The maximum absolute atomic E-state index is 12.7. The first-order valence-corrected chi connectivity index (χ1v) is 8.65. The van der Waals surface area contributed by atoms with Crippen molar-refractivity contribution in [1.29, 1.82) is 0 Å². The van der Waals surface area contributed by atoms with E-state index in [4.69, 9.17) is 0 Å². The van der Waals surface area contributed by atoms with E-state index in [9.17, 15) is 4.79 Å². The Labute approximate surface area is 148 Å². The van der Waals surface area contributed by atoms with Crippen LogP contribution in [0.4, 0.5) is 0 Å². The Balaban J connectivity index is 1.63. The van der Waals surface area contributed by atoms with Crippen LogP contribution in [-0.4, -0.2) is 40.9 Å². The van der Waals surface area contributed by atoms with Gasteiger partial charge in [0.2, 0.25) is 5.91 Å². The zero-order valence-corrected chi connectivity index (χ0v) is 14.7. The van der Waals surface area contributed by atoms with E-state index < -0.39 is 0 Å². The van der Waals surface area contributed by atoms with E-state index in [1.54, 1.807) is 0 Å². The number of hydrogen-bond acceptors (Lipinski definition) is 3. The molecule has 5 nitrogen and oxygen atoms in total. The smallest absolute Gasteiger partial charge is 0.241 e. The van der Waals surface area contributed by atoms with Crippen molar-refractivity contribution in [2.45, 2.75) is 19.4 Å². The molecule has 0 unspecified atom stereocenters. The molecule has 1 aromatic heterocycles. The quantitative estimate of drug-likeness (QED) is 0.697. The van der Waals surface area contributed by atoms with Crippen molar-refractivity contribution in [3.8, 4) is 0 Å². The van der Waals surface area contributed by atoms with Crippen LogP contribution in [0.15, 0.2) is 54.6 Å². The number of likely N-dealkylation sites (N-methyl/N-ethyl adjacent to an activating group) is 1. The van der Waals surface area contributed by atoms with Crippen LogP contribution in [-0.2, 0) is 11.2 Å². The molecule has 0 spiro atoms. The Morgan fingerprint density at radius 1 is 1.16 bits per heavy atom.